The van der Waals surface area contributed by atoms with Crippen LogP contribution in [0.5, 0.6) is 0 Å². The molecule has 1 aliphatic heterocycles. The molecule has 114 valence electrons. The van der Waals surface area contributed by atoms with Crippen LogP contribution in [0.4, 0.5) is 0 Å². The third kappa shape index (κ3) is 3.75. The number of rotatable bonds is 4. The van der Waals surface area contributed by atoms with Crippen LogP contribution in [-0.2, 0) is 5.54 Å². The van der Waals surface area contributed by atoms with Gasteiger partial charge in [-0.1, -0.05) is 42.0 Å². The minimum atomic E-state index is 0.0977. The first-order chi connectivity index (χ1) is 10.3. The van der Waals surface area contributed by atoms with Gasteiger partial charge in [0.05, 0.1) is 5.54 Å². The van der Waals surface area contributed by atoms with Crippen molar-refractivity contribution in [2.45, 2.75) is 44.6 Å². The maximum absolute atomic E-state index is 3.72. The van der Waals surface area contributed by atoms with Crippen LogP contribution in [-0.4, -0.2) is 31.1 Å². The fourth-order valence-electron chi connectivity index (χ4n) is 3.70. The molecule has 3 rings (SSSR count). The van der Waals surface area contributed by atoms with Crippen molar-refractivity contribution < 1.29 is 0 Å². The fraction of sp³-hybridized carbons (Fsp3) is 0.579. The SMILES string of the molecule is CC1(c2ccccc2)CN(CCC2=CCCCC2)CCN1. The molecule has 0 spiro atoms. The lowest BCUT2D eigenvalue weighted by molar-refractivity contribution is 0.144. The van der Waals surface area contributed by atoms with Gasteiger partial charge < -0.3 is 5.32 Å². The van der Waals surface area contributed by atoms with Gasteiger partial charge in [-0.2, -0.15) is 0 Å². The van der Waals surface area contributed by atoms with Gasteiger partial charge in [0.25, 0.3) is 0 Å². The Hall–Kier alpha value is -1.12. The van der Waals surface area contributed by atoms with Crippen molar-refractivity contribution in [1.29, 1.82) is 0 Å². The van der Waals surface area contributed by atoms with Gasteiger partial charge in [-0.15, -0.1) is 0 Å². The highest BCUT2D eigenvalue weighted by Gasteiger charge is 2.31. The maximum Gasteiger partial charge on any atom is 0.0535 e. The molecule has 1 N–H and O–H groups in total. The van der Waals surface area contributed by atoms with Crippen LogP contribution in [0.3, 0.4) is 0 Å². The van der Waals surface area contributed by atoms with E-state index in [4.69, 9.17) is 0 Å². The van der Waals surface area contributed by atoms with Crippen molar-refractivity contribution in [1.82, 2.24) is 10.2 Å². The zero-order valence-electron chi connectivity index (χ0n) is 13.3. The van der Waals surface area contributed by atoms with E-state index in [0.29, 0.717) is 0 Å². The Bertz CT molecular complexity index is 480. The van der Waals surface area contributed by atoms with Gasteiger partial charge in [-0.3, -0.25) is 4.90 Å². The molecule has 0 bridgehead atoms. The van der Waals surface area contributed by atoms with Crippen LogP contribution in [0.2, 0.25) is 0 Å². The standard InChI is InChI=1S/C19H28N2/c1-19(18-10-6-3-7-11-18)16-21(15-13-20-19)14-12-17-8-4-2-5-9-17/h3,6-8,10-11,20H,2,4-5,9,12-16H2,1H3. The van der Waals surface area contributed by atoms with E-state index >= 15 is 0 Å². The normalized spacial score (nSPS) is 27.4. The van der Waals surface area contributed by atoms with Crippen molar-refractivity contribution in [3.05, 3.63) is 47.5 Å². The summed E-state index contributed by atoms with van der Waals surface area (Å²) in [7, 11) is 0. The number of nitrogens with zero attached hydrogens (tertiary/aromatic N) is 1. The van der Waals surface area contributed by atoms with Gasteiger partial charge in [0.15, 0.2) is 0 Å². The highest BCUT2D eigenvalue weighted by Crippen LogP contribution is 2.25. The zero-order chi connectivity index (χ0) is 14.5. The first-order valence-electron chi connectivity index (χ1n) is 8.47. The van der Waals surface area contributed by atoms with E-state index in [1.54, 1.807) is 5.57 Å². The fourth-order valence-corrected chi connectivity index (χ4v) is 3.70. The molecule has 0 saturated carbocycles. The second-order valence-corrected chi connectivity index (χ2v) is 6.76. The number of hydrogen-bond acceptors (Lipinski definition) is 2. The van der Waals surface area contributed by atoms with Crippen molar-refractivity contribution in [2.24, 2.45) is 0 Å². The van der Waals surface area contributed by atoms with Gasteiger partial charge in [0.2, 0.25) is 0 Å². The van der Waals surface area contributed by atoms with Crippen LogP contribution in [0.15, 0.2) is 42.0 Å². The summed E-state index contributed by atoms with van der Waals surface area (Å²) in [5.74, 6) is 0. The molecule has 0 radical (unpaired) electrons. The first kappa shape index (κ1) is 14.8. The Morgan fingerprint density at radius 2 is 2.05 bits per heavy atom. The summed E-state index contributed by atoms with van der Waals surface area (Å²) < 4.78 is 0. The minimum Gasteiger partial charge on any atom is -0.305 e. The number of hydrogen-bond donors (Lipinski definition) is 1. The van der Waals surface area contributed by atoms with Gasteiger partial charge in [-0.25, -0.2) is 0 Å². The average Bonchev–Trinajstić information content (AvgIpc) is 2.55. The number of piperazine rings is 1. The molecule has 1 atom stereocenters. The molecule has 2 aliphatic rings. The Labute approximate surface area is 129 Å². The number of allylic oxidation sites excluding steroid dienone is 1. The van der Waals surface area contributed by atoms with Crippen LogP contribution in [0.1, 0.15) is 44.6 Å². The van der Waals surface area contributed by atoms with E-state index in [-0.39, 0.29) is 5.54 Å². The smallest absolute Gasteiger partial charge is 0.0535 e. The predicted octanol–water partition coefficient (Wildman–Crippen LogP) is 3.70. The molecular formula is C19H28N2. The average molecular weight is 284 g/mol. The van der Waals surface area contributed by atoms with Gasteiger partial charge in [0, 0.05) is 26.2 Å². The maximum atomic E-state index is 3.72. The van der Waals surface area contributed by atoms with E-state index in [2.05, 4.69) is 53.5 Å². The molecule has 1 aromatic carbocycles. The predicted molar refractivity (Wildman–Crippen MR) is 89.4 cm³/mol. The molecule has 2 heteroatoms. The zero-order valence-corrected chi connectivity index (χ0v) is 13.3. The Morgan fingerprint density at radius 3 is 2.81 bits per heavy atom. The van der Waals surface area contributed by atoms with Crippen molar-refractivity contribution in [3.8, 4) is 0 Å². The van der Waals surface area contributed by atoms with Gasteiger partial charge >= 0.3 is 0 Å². The summed E-state index contributed by atoms with van der Waals surface area (Å²) in [6, 6.07) is 10.9. The molecule has 1 aromatic rings. The molecule has 1 saturated heterocycles. The van der Waals surface area contributed by atoms with Gasteiger partial charge in [0.1, 0.15) is 0 Å². The topological polar surface area (TPSA) is 15.3 Å². The first-order valence-corrected chi connectivity index (χ1v) is 8.47. The Morgan fingerprint density at radius 1 is 1.19 bits per heavy atom. The monoisotopic (exact) mass is 284 g/mol. The van der Waals surface area contributed by atoms with Crippen LogP contribution >= 0.6 is 0 Å². The molecule has 0 aromatic heterocycles. The molecule has 0 amide bonds. The summed E-state index contributed by atoms with van der Waals surface area (Å²) in [6.45, 7) is 6.94. The van der Waals surface area contributed by atoms with Crippen LogP contribution < -0.4 is 5.32 Å². The third-order valence-electron chi connectivity index (χ3n) is 5.03. The van der Waals surface area contributed by atoms with E-state index in [1.807, 2.05) is 0 Å². The molecular weight excluding hydrogens is 256 g/mol. The lowest BCUT2D eigenvalue weighted by Crippen LogP contribution is -2.56. The van der Waals surface area contributed by atoms with Crippen LogP contribution in [0, 0.1) is 0 Å². The van der Waals surface area contributed by atoms with E-state index in [9.17, 15) is 0 Å². The second-order valence-electron chi connectivity index (χ2n) is 6.76. The summed E-state index contributed by atoms with van der Waals surface area (Å²) in [6.07, 6.45) is 9.19. The quantitative estimate of drug-likeness (QED) is 0.848. The molecule has 1 unspecified atom stereocenters. The van der Waals surface area contributed by atoms with Crippen molar-refractivity contribution in [3.63, 3.8) is 0 Å². The largest absolute Gasteiger partial charge is 0.305 e. The van der Waals surface area contributed by atoms with E-state index in [0.717, 1.165) is 13.1 Å². The molecule has 1 aliphatic carbocycles. The second kappa shape index (κ2) is 6.76. The lowest BCUT2D eigenvalue weighted by atomic mass is 9.89. The molecule has 21 heavy (non-hydrogen) atoms. The summed E-state index contributed by atoms with van der Waals surface area (Å²) in [5.41, 5.74) is 3.20. The van der Waals surface area contributed by atoms with Crippen LogP contribution in [0.25, 0.3) is 0 Å². The van der Waals surface area contributed by atoms with Crippen molar-refractivity contribution in [2.75, 3.05) is 26.2 Å². The Balaban J connectivity index is 1.59. The molecule has 1 fully saturated rings. The third-order valence-corrected chi connectivity index (χ3v) is 5.03. The lowest BCUT2D eigenvalue weighted by Gasteiger charge is -2.42. The summed E-state index contributed by atoms with van der Waals surface area (Å²) in [5, 5.41) is 3.72. The van der Waals surface area contributed by atoms with E-state index < -0.39 is 0 Å². The summed E-state index contributed by atoms with van der Waals surface area (Å²) >= 11 is 0. The van der Waals surface area contributed by atoms with Gasteiger partial charge in [-0.05, 0) is 44.6 Å². The minimum absolute atomic E-state index is 0.0977. The number of benzene rings is 1. The summed E-state index contributed by atoms with van der Waals surface area (Å²) in [4.78, 5) is 2.64. The highest BCUT2D eigenvalue weighted by atomic mass is 15.2. The van der Waals surface area contributed by atoms with Crippen molar-refractivity contribution >= 4 is 0 Å². The Kier molecular flexibility index (Phi) is 4.77. The molecule has 2 nitrogen and oxygen atoms in total. The van der Waals surface area contributed by atoms with E-state index in [1.165, 1.54) is 50.8 Å². The highest BCUT2D eigenvalue weighted by molar-refractivity contribution is 5.25. The molecule has 1 heterocycles. The number of nitrogens with one attached hydrogen (secondary N) is 1.